The highest BCUT2D eigenvalue weighted by molar-refractivity contribution is 7.89. The van der Waals surface area contributed by atoms with E-state index in [4.69, 9.17) is 0 Å². The van der Waals surface area contributed by atoms with E-state index in [-0.39, 0.29) is 42.7 Å². The van der Waals surface area contributed by atoms with Crippen LogP contribution in [-0.4, -0.2) is 54.6 Å². The number of nitro groups is 1. The van der Waals surface area contributed by atoms with Crippen molar-refractivity contribution in [3.8, 4) is 0 Å². The molecule has 1 aromatic carbocycles. The average Bonchev–Trinajstić information content (AvgIpc) is 3.05. The molecule has 1 aliphatic rings. The lowest BCUT2D eigenvalue weighted by Crippen LogP contribution is -2.50. The van der Waals surface area contributed by atoms with Crippen LogP contribution in [0, 0.1) is 30.9 Å². The van der Waals surface area contributed by atoms with Crippen LogP contribution in [0.5, 0.6) is 0 Å². The van der Waals surface area contributed by atoms with Gasteiger partial charge in [-0.25, -0.2) is 8.42 Å². The van der Waals surface area contributed by atoms with Crippen LogP contribution in [0.25, 0.3) is 0 Å². The maximum Gasteiger partial charge on any atom is 0.283 e. The van der Waals surface area contributed by atoms with E-state index < -0.39 is 14.9 Å². The largest absolute Gasteiger partial charge is 0.335 e. The van der Waals surface area contributed by atoms with Crippen molar-refractivity contribution in [2.45, 2.75) is 25.7 Å². The molecule has 3 rings (SSSR count). The SMILES string of the molecule is Cc1ccc(C)c(S(=O)(=O)N2CCN(C(=O)c3cc([N+](=O)[O-])c(C)s3)CC2)c1. The molecule has 8 nitrogen and oxygen atoms in total. The molecule has 0 bridgehead atoms. The summed E-state index contributed by atoms with van der Waals surface area (Å²) >= 11 is 1.09. The Hall–Kier alpha value is -2.30. The van der Waals surface area contributed by atoms with Gasteiger partial charge >= 0.3 is 0 Å². The van der Waals surface area contributed by atoms with Crippen LogP contribution in [0.1, 0.15) is 25.7 Å². The third-order valence-corrected chi connectivity index (χ3v) is 7.85. The number of sulfonamides is 1. The van der Waals surface area contributed by atoms with Gasteiger partial charge in [-0.3, -0.25) is 14.9 Å². The van der Waals surface area contributed by atoms with Crippen molar-refractivity contribution in [3.05, 3.63) is 55.3 Å². The first kappa shape index (κ1) is 20.4. The van der Waals surface area contributed by atoms with Crippen LogP contribution in [0.3, 0.4) is 0 Å². The third kappa shape index (κ3) is 3.80. The zero-order valence-electron chi connectivity index (χ0n) is 15.8. The summed E-state index contributed by atoms with van der Waals surface area (Å²) in [5.41, 5.74) is 1.49. The van der Waals surface area contributed by atoms with E-state index in [1.54, 1.807) is 30.9 Å². The van der Waals surface area contributed by atoms with Crippen LogP contribution < -0.4 is 0 Å². The summed E-state index contributed by atoms with van der Waals surface area (Å²) < 4.78 is 27.3. The van der Waals surface area contributed by atoms with Gasteiger partial charge in [-0.2, -0.15) is 4.31 Å². The van der Waals surface area contributed by atoms with Crippen molar-refractivity contribution in [3.63, 3.8) is 0 Å². The number of hydrogen-bond donors (Lipinski definition) is 0. The highest BCUT2D eigenvalue weighted by Gasteiger charge is 2.32. The first-order valence-electron chi connectivity index (χ1n) is 8.73. The molecule has 0 saturated carbocycles. The molecule has 0 aliphatic carbocycles. The summed E-state index contributed by atoms with van der Waals surface area (Å²) in [6.07, 6.45) is 0. The number of thiophene rings is 1. The third-order valence-electron chi connectivity index (χ3n) is 4.79. The zero-order valence-corrected chi connectivity index (χ0v) is 17.5. The molecular weight excluding hydrogens is 402 g/mol. The lowest BCUT2D eigenvalue weighted by molar-refractivity contribution is -0.385. The zero-order chi connectivity index (χ0) is 20.6. The second-order valence-corrected chi connectivity index (χ2v) is 9.94. The number of benzene rings is 1. The molecule has 1 saturated heterocycles. The van der Waals surface area contributed by atoms with Crippen molar-refractivity contribution >= 4 is 33.0 Å². The van der Waals surface area contributed by atoms with Crippen molar-refractivity contribution < 1.29 is 18.1 Å². The average molecular weight is 424 g/mol. The van der Waals surface area contributed by atoms with Crippen LogP contribution >= 0.6 is 11.3 Å². The molecule has 1 aromatic heterocycles. The van der Waals surface area contributed by atoms with Gasteiger partial charge in [0.2, 0.25) is 10.0 Å². The minimum Gasteiger partial charge on any atom is -0.335 e. The maximum absolute atomic E-state index is 13.0. The van der Waals surface area contributed by atoms with Gasteiger partial charge in [0, 0.05) is 32.2 Å². The molecular formula is C18H21N3O5S2. The van der Waals surface area contributed by atoms with Gasteiger partial charge in [0.1, 0.15) is 0 Å². The molecule has 2 heterocycles. The lowest BCUT2D eigenvalue weighted by Gasteiger charge is -2.34. The van der Waals surface area contributed by atoms with E-state index in [2.05, 4.69) is 0 Å². The molecule has 1 aliphatic heterocycles. The summed E-state index contributed by atoms with van der Waals surface area (Å²) in [6.45, 7) is 6.08. The molecule has 1 fully saturated rings. The Bertz CT molecular complexity index is 1040. The summed E-state index contributed by atoms with van der Waals surface area (Å²) in [5, 5.41) is 11.0. The number of rotatable bonds is 4. The maximum atomic E-state index is 13.0. The Morgan fingerprint density at radius 3 is 2.32 bits per heavy atom. The fraction of sp³-hybridized carbons (Fsp3) is 0.389. The smallest absolute Gasteiger partial charge is 0.283 e. The minimum atomic E-state index is -3.63. The first-order valence-corrected chi connectivity index (χ1v) is 11.0. The monoisotopic (exact) mass is 423 g/mol. The predicted octanol–water partition coefficient (Wildman–Crippen LogP) is 2.73. The Morgan fingerprint density at radius 1 is 1.11 bits per heavy atom. The fourth-order valence-electron chi connectivity index (χ4n) is 3.17. The van der Waals surface area contributed by atoms with Crippen molar-refractivity contribution in [2.24, 2.45) is 0 Å². The van der Waals surface area contributed by atoms with Crippen molar-refractivity contribution in [1.29, 1.82) is 0 Å². The molecule has 28 heavy (non-hydrogen) atoms. The normalized spacial score (nSPS) is 15.6. The standard InChI is InChI=1S/C18H21N3O5S2/c1-12-4-5-13(2)17(10-12)28(25,26)20-8-6-19(7-9-20)18(22)16-11-15(21(23)24)14(3)27-16/h4-5,10-11H,6-9H2,1-3H3. The van der Waals surface area contributed by atoms with Crippen LogP contribution in [0.4, 0.5) is 5.69 Å². The van der Waals surface area contributed by atoms with E-state index in [1.807, 2.05) is 13.0 Å². The number of amides is 1. The van der Waals surface area contributed by atoms with Gasteiger partial charge in [-0.15, -0.1) is 11.3 Å². The van der Waals surface area contributed by atoms with Gasteiger partial charge in [-0.1, -0.05) is 12.1 Å². The van der Waals surface area contributed by atoms with Crippen LogP contribution in [-0.2, 0) is 10.0 Å². The molecule has 0 radical (unpaired) electrons. The number of aryl methyl sites for hydroxylation is 3. The molecule has 1 amide bonds. The molecule has 0 spiro atoms. The summed E-state index contributed by atoms with van der Waals surface area (Å²) in [6, 6.07) is 6.61. The molecule has 0 atom stereocenters. The van der Waals surface area contributed by atoms with Crippen molar-refractivity contribution in [2.75, 3.05) is 26.2 Å². The van der Waals surface area contributed by atoms with Gasteiger partial charge in [0.05, 0.1) is 19.6 Å². The molecule has 0 N–H and O–H groups in total. The fourth-order valence-corrected chi connectivity index (χ4v) is 5.86. The predicted molar refractivity (Wildman–Crippen MR) is 106 cm³/mol. The highest BCUT2D eigenvalue weighted by Crippen LogP contribution is 2.29. The highest BCUT2D eigenvalue weighted by atomic mass is 32.2. The second-order valence-electron chi connectivity index (χ2n) is 6.77. The van der Waals surface area contributed by atoms with E-state index in [1.165, 1.54) is 10.4 Å². The number of carbonyl (C=O) groups excluding carboxylic acids is 1. The Balaban J connectivity index is 1.73. The van der Waals surface area contributed by atoms with Crippen LogP contribution in [0.2, 0.25) is 0 Å². The Kier molecular flexibility index (Phi) is 5.55. The van der Waals surface area contributed by atoms with Gasteiger partial charge in [0.15, 0.2) is 0 Å². The minimum absolute atomic E-state index is 0.0653. The Labute approximate surface area is 167 Å². The van der Waals surface area contributed by atoms with E-state index in [9.17, 15) is 23.3 Å². The number of nitrogens with zero attached hydrogens (tertiary/aromatic N) is 3. The Morgan fingerprint density at radius 2 is 1.75 bits per heavy atom. The first-order chi connectivity index (χ1) is 13.1. The number of carbonyl (C=O) groups is 1. The number of piperazine rings is 1. The molecule has 2 aromatic rings. The lowest BCUT2D eigenvalue weighted by atomic mass is 10.2. The molecule has 10 heteroatoms. The van der Waals surface area contributed by atoms with Crippen LogP contribution in [0.15, 0.2) is 29.2 Å². The molecule has 150 valence electrons. The summed E-state index contributed by atoms with van der Waals surface area (Å²) in [7, 11) is -3.63. The second kappa shape index (κ2) is 7.61. The van der Waals surface area contributed by atoms with Crippen molar-refractivity contribution in [1.82, 2.24) is 9.21 Å². The van der Waals surface area contributed by atoms with Gasteiger partial charge < -0.3 is 4.90 Å². The van der Waals surface area contributed by atoms with Gasteiger partial charge in [-0.05, 0) is 38.0 Å². The topological polar surface area (TPSA) is 101 Å². The molecule has 0 unspecified atom stereocenters. The number of hydrogen-bond acceptors (Lipinski definition) is 6. The summed E-state index contributed by atoms with van der Waals surface area (Å²) in [4.78, 5) is 25.8. The van der Waals surface area contributed by atoms with Gasteiger partial charge in [0.25, 0.3) is 11.6 Å². The quantitative estimate of drug-likeness (QED) is 0.556. The van der Waals surface area contributed by atoms with E-state index in [0.29, 0.717) is 15.3 Å². The van der Waals surface area contributed by atoms with E-state index in [0.717, 1.165) is 16.9 Å². The summed E-state index contributed by atoms with van der Waals surface area (Å²) in [5.74, 6) is -0.301. The van der Waals surface area contributed by atoms with E-state index >= 15 is 0 Å².